The minimum Gasteiger partial charge on any atom is -0.241 e. The summed E-state index contributed by atoms with van der Waals surface area (Å²) in [4.78, 5) is 27.1. The quantitative estimate of drug-likeness (QED) is 0.148. The molecule has 212 valence electrons. The second-order valence-corrected chi connectivity index (χ2v) is 17.0. The first-order valence-electron chi connectivity index (χ1n) is 11.2. The molecule has 0 fully saturated rings. The summed E-state index contributed by atoms with van der Waals surface area (Å²) in [5.41, 5.74) is 1.06. The largest absolute Gasteiger partial charge is 0.540 e. The van der Waals surface area contributed by atoms with E-state index in [0.29, 0.717) is 49.5 Å². The zero-order valence-electron chi connectivity index (χ0n) is 21.6. The third kappa shape index (κ3) is 5.94. The van der Waals surface area contributed by atoms with Crippen LogP contribution >= 0.6 is 94.1 Å². The van der Waals surface area contributed by atoms with Crippen molar-refractivity contribution in [2.24, 2.45) is 0 Å². The average molecular weight is 725 g/mol. The molecule has 0 saturated carbocycles. The molecule has 4 aliphatic heterocycles. The summed E-state index contributed by atoms with van der Waals surface area (Å²) >= 11 is 9.71. The summed E-state index contributed by atoms with van der Waals surface area (Å²) in [6, 6.07) is 2.06. The molecule has 6 heterocycles. The lowest BCUT2D eigenvalue weighted by atomic mass is 10.4. The summed E-state index contributed by atoms with van der Waals surface area (Å²) in [6.07, 6.45) is 0. The normalized spacial score (nSPS) is 17.1. The first-order chi connectivity index (χ1) is 21.2. The van der Waals surface area contributed by atoms with Crippen LogP contribution in [0, 0.1) is 56.0 Å². The average Bonchev–Trinajstić information content (AvgIpc) is 3.83. The van der Waals surface area contributed by atoms with E-state index >= 15 is 0 Å². The predicted molar refractivity (Wildman–Crippen MR) is 173 cm³/mol. The number of pyridine rings is 2. The Kier molecular flexibility index (Phi) is 9.87. The predicted octanol–water partition coefficient (Wildman–Crippen LogP) is 11.0. The molecule has 0 atom stereocenters. The van der Waals surface area contributed by atoms with Gasteiger partial charge < -0.3 is 0 Å². The number of halogens is 2. The summed E-state index contributed by atoms with van der Waals surface area (Å²) in [5, 5.41) is 10.4. The van der Waals surface area contributed by atoms with Gasteiger partial charge in [-0.05, 0) is 13.8 Å². The number of aromatic nitrogens is 2. The molecule has 18 heteroatoms. The van der Waals surface area contributed by atoms with Gasteiger partial charge in [-0.25, -0.2) is 19.2 Å². The van der Waals surface area contributed by atoms with Crippen LogP contribution in [0.3, 0.4) is 0 Å². The van der Waals surface area contributed by atoms with Crippen molar-refractivity contribution in [3.8, 4) is 6.07 Å². The summed E-state index contributed by atoms with van der Waals surface area (Å²) in [5.74, 6) is -1.04. The topological polar surface area (TPSA) is 71.4 Å². The van der Waals surface area contributed by atoms with Gasteiger partial charge >= 0.3 is 11.6 Å². The van der Waals surface area contributed by atoms with E-state index in [1.807, 2.05) is 0 Å². The van der Waals surface area contributed by atoms with Crippen LogP contribution < -0.4 is 0 Å². The Morgan fingerprint density at radius 1 is 0.591 bits per heavy atom. The number of nitriles is 1. The van der Waals surface area contributed by atoms with Gasteiger partial charge in [-0.3, -0.25) is 0 Å². The van der Waals surface area contributed by atoms with Gasteiger partial charge in [-0.2, -0.15) is 29.0 Å². The Labute approximate surface area is 284 Å². The van der Waals surface area contributed by atoms with Gasteiger partial charge in [0, 0.05) is 10.5 Å². The lowest BCUT2D eigenvalue weighted by Gasteiger charge is -2.02. The molecular weight excluding hydrogens is 719 g/mol. The number of allylic oxidation sites excluding steroid dienone is 2. The zero-order chi connectivity index (χ0) is 31.7. The number of hydrogen-bond acceptors (Lipinski definition) is 11. The monoisotopic (exact) mass is 724 g/mol. The van der Waals surface area contributed by atoms with Crippen molar-refractivity contribution in [2.75, 3.05) is 0 Å². The molecule has 2 aromatic rings. The van der Waals surface area contributed by atoms with Gasteiger partial charge in [-0.15, -0.1) is 0 Å². The van der Waals surface area contributed by atoms with Gasteiger partial charge in [-0.1, -0.05) is 94.1 Å². The second-order valence-electron chi connectivity index (χ2n) is 7.88. The molecule has 0 radical (unpaired) electrons. The first kappa shape index (κ1) is 32.3. The van der Waals surface area contributed by atoms with Crippen molar-refractivity contribution in [3.63, 3.8) is 0 Å². The van der Waals surface area contributed by atoms with E-state index in [0.717, 1.165) is 53.6 Å². The second kappa shape index (κ2) is 13.5. The highest BCUT2D eigenvalue weighted by molar-refractivity contribution is 8.27. The molecule has 0 aliphatic carbocycles. The van der Waals surface area contributed by atoms with Crippen LogP contribution in [0.5, 0.6) is 0 Å². The lowest BCUT2D eigenvalue weighted by molar-refractivity contribution is 0.528. The first-order valence-corrected chi connectivity index (χ1v) is 17.8. The fourth-order valence-corrected chi connectivity index (χ4v) is 13.0. The Morgan fingerprint density at radius 2 is 1.05 bits per heavy atom. The maximum absolute atomic E-state index is 14.7. The van der Waals surface area contributed by atoms with Crippen LogP contribution in [0.15, 0.2) is 79.4 Å². The van der Waals surface area contributed by atoms with E-state index in [4.69, 9.17) is 38.1 Å². The highest BCUT2D eigenvalue weighted by Crippen LogP contribution is 2.63. The molecule has 44 heavy (non-hydrogen) atoms. The van der Waals surface area contributed by atoms with Crippen molar-refractivity contribution in [2.45, 2.75) is 53.4 Å². The van der Waals surface area contributed by atoms with E-state index in [9.17, 15) is 8.78 Å². The number of thioether (sulfide) groups is 8. The highest BCUT2D eigenvalue weighted by Gasteiger charge is 2.37. The molecule has 8 nitrogen and oxygen atoms in total. The van der Waals surface area contributed by atoms with E-state index in [1.54, 1.807) is 13.8 Å². The number of fused-ring (bicyclic) bond motifs is 5. The van der Waals surface area contributed by atoms with Gasteiger partial charge in [0.05, 0.1) is 40.7 Å². The van der Waals surface area contributed by atoms with Gasteiger partial charge in [0.1, 0.15) is 49.8 Å². The highest BCUT2D eigenvalue weighted by atomic mass is 32.2. The number of hydrogen-bond donors (Lipinski definition) is 0. The molecule has 0 bridgehead atoms. The maximum atomic E-state index is 14.7. The molecule has 0 amide bonds. The fraction of sp³-hybridized carbons (Fsp3) is 0.0769. The summed E-state index contributed by atoms with van der Waals surface area (Å²) < 4.78 is 31.3. The SMILES string of the molecule is [C-]#[N+]C([N+]#[C-])=C1Sc2nc(F)c3c(c2S1)S/C(=C(/C)[N+]#[C-])S3.[C-]#[N+]C([N+]#[C-])=C1Sc2nc3c(c(F)c2S1)S/C(=C(/C)C#N)S3. The third-order valence-corrected chi connectivity index (χ3v) is 15.7. The molecule has 0 unspecified atom stereocenters. The standard InChI is InChI=1S/2C13H3FN4S4/c1-5(15-2)12-19-6-7(20-12)9(14)18-11-8(6)21-13(22-11)10(16-3)17-4;1-5(4-15)12-19-7-6(14)8-11(18-10(7)21-12)22-13(20-8)9(16-2)17-3/h2*1H3/b2*12-5+. The maximum Gasteiger partial charge on any atom is 0.540 e. The minimum absolute atomic E-state index is 0.0223. The summed E-state index contributed by atoms with van der Waals surface area (Å²) in [7, 11) is 0. The molecular formula is C26H6F2N8S8. The van der Waals surface area contributed by atoms with Crippen LogP contribution in [0.1, 0.15) is 13.8 Å². The zero-order valence-corrected chi connectivity index (χ0v) is 28.1. The Hall–Kier alpha value is -3.14. The van der Waals surface area contributed by atoms with Crippen molar-refractivity contribution in [1.29, 1.82) is 5.26 Å². The van der Waals surface area contributed by atoms with Crippen LogP contribution in [0.4, 0.5) is 8.78 Å². The molecule has 0 N–H and O–H groups in total. The van der Waals surface area contributed by atoms with Gasteiger partial charge in [0.2, 0.25) is 5.95 Å². The lowest BCUT2D eigenvalue weighted by Crippen LogP contribution is -1.90. The minimum atomic E-state index is -0.569. The molecule has 0 spiro atoms. The molecule has 0 saturated heterocycles. The molecule has 0 aromatic carbocycles. The molecule has 6 rings (SSSR count). The van der Waals surface area contributed by atoms with E-state index < -0.39 is 5.95 Å². The smallest absolute Gasteiger partial charge is 0.241 e. The van der Waals surface area contributed by atoms with Crippen LogP contribution in [-0.4, -0.2) is 9.97 Å². The van der Waals surface area contributed by atoms with E-state index in [2.05, 4.69) is 40.3 Å². The van der Waals surface area contributed by atoms with Crippen molar-refractivity contribution in [3.05, 3.63) is 109 Å². The fourth-order valence-electron chi connectivity index (χ4n) is 3.24. The Balaban J connectivity index is 0.000000175. The Morgan fingerprint density at radius 3 is 1.57 bits per heavy atom. The molecule has 2 aromatic heterocycles. The van der Waals surface area contributed by atoms with Crippen LogP contribution in [-0.2, 0) is 0 Å². The van der Waals surface area contributed by atoms with Crippen LogP contribution in [0.25, 0.3) is 24.2 Å². The van der Waals surface area contributed by atoms with Gasteiger partial charge in [0.25, 0.3) is 0 Å². The van der Waals surface area contributed by atoms with E-state index in [1.165, 1.54) is 58.8 Å². The molecule has 4 aliphatic rings. The van der Waals surface area contributed by atoms with Crippen molar-refractivity contribution in [1.82, 2.24) is 9.97 Å². The van der Waals surface area contributed by atoms with Crippen LogP contribution in [0.2, 0.25) is 0 Å². The van der Waals surface area contributed by atoms with Crippen molar-refractivity contribution < 1.29 is 8.78 Å². The number of nitrogens with zero attached hydrogens (tertiary/aromatic N) is 8. The van der Waals surface area contributed by atoms with Crippen molar-refractivity contribution >= 4 is 94.1 Å². The van der Waals surface area contributed by atoms with Gasteiger partial charge in [0.15, 0.2) is 11.5 Å². The number of rotatable bonds is 0. The third-order valence-electron chi connectivity index (χ3n) is 5.25. The Bertz CT molecular complexity index is 2060. The summed E-state index contributed by atoms with van der Waals surface area (Å²) in [6.45, 7) is 38.5. The van der Waals surface area contributed by atoms with E-state index in [-0.39, 0.29) is 17.5 Å².